The third-order valence-corrected chi connectivity index (χ3v) is 4.22. The summed E-state index contributed by atoms with van der Waals surface area (Å²) >= 11 is 0. The van der Waals surface area contributed by atoms with Gasteiger partial charge in [0, 0.05) is 13.0 Å². The summed E-state index contributed by atoms with van der Waals surface area (Å²) in [6.07, 6.45) is 11.9. The van der Waals surface area contributed by atoms with Gasteiger partial charge in [0.2, 0.25) is 0 Å². The minimum absolute atomic E-state index is 0.0707. The van der Waals surface area contributed by atoms with E-state index in [1.54, 1.807) is 0 Å². The maximum atomic E-state index is 9.12. The van der Waals surface area contributed by atoms with Crippen LogP contribution in [0, 0.1) is 0 Å². The van der Waals surface area contributed by atoms with Gasteiger partial charge in [0.1, 0.15) is 0 Å². The predicted molar refractivity (Wildman–Crippen MR) is 89.0 cm³/mol. The number of aliphatic hydroxyl groups excluding tert-OH is 1. The first-order valence-electron chi connectivity index (χ1n) is 9.25. The predicted octanol–water partition coefficient (Wildman–Crippen LogP) is 4.05. The van der Waals surface area contributed by atoms with Crippen LogP contribution in [0.4, 0.5) is 0 Å². The molecule has 4 heteroatoms. The van der Waals surface area contributed by atoms with Gasteiger partial charge in [0.05, 0.1) is 25.4 Å². The Hall–Kier alpha value is -0.160. The highest BCUT2D eigenvalue weighted by atomic mass is 16.7. The van der Waals surface area contributed by atoms with E-state index in [-0.39, 0.29) is 25.1 Å². The van der Waals surface area contributed by atoms with Crippen LogP contribution in [0.15, 0.2) is 0 Å². The number of ether oxygens (including phenoxy) is 3. The number of hydrogen-bond acceptors (Lipinski definition) is 4. The first kappa shape index (κ1) is 19.9. The lowest BCUT2D eigenvalue weighted by molar-refractivity contribution is -0.230. The maximum Gasteiger partial charge on any atom is 0.160 e. The van der Waals surface area contributed by atoms with Gasteiger partial charge < -0.3 is 19.3 Å². The van der Waals surface area contributed by atoms with Crippen LogP contribution >= 0.6 is 0 Å². The lowest BCUT2D eigenvalue weighted by atomic mass is 10.1. The van der Waals surface area contributed by atoms with E-state index in [2.05, 4.69) is 13.8 Å². The summed E-state index contributed by atoms with van der Waals surface area (Å²) in [6, 6.07) is 0. The van der Waals surface area contributed by atoms with Gasteiger partial charge in [-0.05, 0) is 19.8 Å². The van der Waals surface area contributed by atoms with E-state index < -0.39 is 0 Å². The summed E-state index contributed by atoms with van der Waals surface area (Å²) in [6.45, 7) is 5.90. The van der Waals surface area contributed by atoms with Gasteiger partial charge in [-0.1, -0.05) is 51.9 Å². The fraction of sp³-hybridized carbons (Fsp3) is 1.00. The quantitative estimate of drug-likeness (QED) is 0.521. The molecule has 0 aromatic carbocycles. The van der Waals surface area contributed by atoms with E-state index in [1.165, 1.54) is 44.9 Å². The molecule has 0 bridgehead atoms. The summed E-state index contributed by atoms with van der Waals surface area (Å²) in [7, 11) is 0. The molecule has 0 radical (unpaired) electrons. The Balaban J connectivity index is 1.91. The van der Waals surface area contributed by atoms with Crippen molar-refractivity contribution in [1.29, 1.82) is 0 Å². The Morgan fingerprint density at radius 3 is 2.45 bits per heavy atom. The zero-order chi connectivity index (χ0) is 16.0. The van der Waals surface area contributed by atoms with Crippen LogP contribution in [0.1, 0.15) is 78.1 Å². The van der Waals surface area contributed by atoms with Crippen LogP contribution in [0.25, 0.3) is 0 Å². The second kappa shape index (κ2) is 13.3. The topological polar surface area (TPSA) is 47.9 Å². The minimum atomic E-state index is -0.223. The summed E-state index contributed by atoms with van der Waals surface area (Å²) in [5.74, 6) is 0. The molecule has 0 aromatic heterocycles. The highest BCUT2D eigenvalue weighted by molar-refractivity contribution is 4.65. The molecule has 0 spiro atoms. The van der Waals surface area contributed by atoms with E-state index in [0.717, 1.165) is 25.9 Å². The lowest BCUT2D eigenvalue weighted by Crippen LogP contribution is -2.36. The molecule has 0 saturated carbocycles. The van der Waals surface area contributed by atoms with Crippen molar-refractivity contribution in [2.45, 2.75) is 96.6 Å². The van der Waals surface area contributed by atoms with Crippen molar-refractivity contribution < 1.29 is 19.3 Å². The Kier molecular flexibility index (Phi) is 12.0. The summed E-state index contributed by atoms with van der Waals surface area (Å²) in [4.78, 5) is 0. The summed E-state index contributed by atoms with van der Waals surface area (Å²) < 4.78 is 17.0. The molecule has 1 aliphatic rings. The van der Waals surface area contributed by atoms with E-state index >= 15 is 0 Å². The van der Waals surface area contributed by atoms with Gasteiger partial charge in [0.15, 0.2) is 6.29 Å². The van der Waals surface area contributed by atoms with Crippen LogP contribution in [-0.4, -0.2) is 43.4 Å². The molecule has 0 aromatic rings. The van der Waals surface area contributed by atoms with Gasteiger partial charge in [-0.15, -0.1) is 0 Å². The zero-order valence-corrected chi connectivity index (χ0v) is 14.6. The molecule has 1 unspecified atom stereocenters. The fourth-order valence-electron chi connectivity index (χ4n) is 2.77. The second-order valence-electron chi connectivity index (χ2n) is 6.42. The van der Waals surface area contributed by atoms with E-state index in [1.807, 2.05) is 0 Å². The fourth-order valence-corrected chi connectivity index (χ4v) is 2.77. The van der Waals surface area contributed by atoms with E-state index in [9.17, 15) is 0 Å². The monoisotopic (exact) mass is 316 g/mol. The third kappa shape index (κ3) is 9.78. The molecule has 1 aliphatic heterocycles. The number of hydrogen-bond donors (Lipinski definition) is 1. The highest BCUT2D eigenvalue weighted by Crippen LogP contribution is 2.17. The Morgan fingerprint density at radius 2 is 1.77 bits per heavy atom. The Bertz CT molecular complexity index is 247. The van der Waals surface area contributed by atoms with E-state index in [0.29, 0.717) is 6.61 Å². The molecular weight excluding hydrogens is 280 g/mol. The second-order valence-corrected chi connectivity index (χ2v) is 6.42. The largest absolute Gasteiger partial charge is 0.394 e. The molecule has 1 heterocycles. The smallest absolute Gasteiger partial charge is 0.160 e. The number of aliphatic hydroxyl groups is 1. The Morgan fingerprint density at radius 1 is 1.09 bits per heavy atom. The molecule has 0 amide bonds. The van der Waals surface area contributed by atoms with E-state index in [4.69, 9.17) is 19.3 Å². The molecule has 3 atom stereocenters. The van der Waals surface area contributed by atoms with Crippen LogP contribution in [0.5, 0.6) is 0 Å². The number of rotatable bonds is 13. The average molecular weight is 316 g/mol. The minimum Gasteiger partial charge on any atom is -0.394 e. The zero-order valence-electron chi connectivity index (χ0n) is 14.6. The molecular formula is C18H36O4. The van der Waals surface area contributed by atoms with Gasteiger partial charge in [-0.3, -0.25) is 0 Å². The normalized spacial score (nSPS) is 23.6. The van der Waals surface area contributed by atoms with Crippen molar-refractivity contribution in [3.8, 4) is 0 Å². The maximum absolute atomic E-state index is 9.12. The molecule has 4 nitrogen and oxygen atoms in total. The number of unbranched alkanes of at least 4 members (excludes halogenated alkanes) is 7. The van der Waals surface area contributed by atoms with Crippen LogP contribution < -0.4 is 0 Å². The van der Waals surface area contributed by atoms with Gasteiger partial charge in [-0.25, -0.2) is 0 Å². The Labute approximate surface area is 136 Å². The molecule has 1 rings (SSSR count). The molecule has 1 fully saturated rings. The van der Waals surface area contributed by atoms with Gasteiger partial charge in [-0.2, -0.15) is 0 Å². The lowest BCUT2D eigenvalue weighted by Gasteiger charge is -2.30. The van der Waals surface area contributed by atoms with Crippen molar-refractivity contribution in [1.82, 2.24) is 0 Å². The van der Waals surface area contributed by atoms with Gasteiger partial charge in [0.25, 0.3) is 0 Å². The third-order valence-electron chi connectivity index (χ3n) is 4.22. The van der Waals surface area contributed by atoms with Crippen LogP contribution in [-0.2, 0) is 14.2 Å². The summed E-state index contributed by atoms with van der Waals surface area (Å²) in [5, 5.41) is 9.12. The van der Waals surface area contributed by atoms with Crippen molar-refractivity contribution in [3.05, 3.63) is 0 Å². The summed E-state index contributed by atoms with van der Waals surface area (Å²) in [5.41, 5.74) is 0. The molecule has 132 valence electrons. The first-order valence-corrected chi connectivity index (χ1v) is 9.25. The average Bonchev–Trinajstić information content (AvgIpc) is 2.53. The standard InChI is InChI=1S/C18H36O4/c1-3-4-5-6-7-8-9-10-12-20-16(2)14-18-21-13-11-17(15-19)22-18/h16-19H,3-15H2,1-2H3/t16?,17-,18+/m1/s1. The van der Waals surface area contributed by atoms with Crippen molar-refractivity contribution in [2.75, 3.05) is 19.8 Å². The van der Waals surface area contributed by atoms with Gasteiger partial charge >= 0.3 is 0 Å². The van der Waals surface area contributed by atoms with Crippen LogP contribution in [0.3, 0.4) is 0 Å². The molecule has 1 N–H and O–H groups in total. The van der Waals surface area contributed by atoms with Crippen molar-refractivity contribution in [2.24, 2.45) is 0 Å². The molecule has 22 heavy (non-hydrogen) atoms. The SMILES string of the molecule is CCCCCCCCCCOC(C)C[C@H]1OCC[C@H](CO)O1. The van der Waals surface area contributed by atoms with Crippen molar-refractivity contribution >= 4 is 0 Å². The highest BCUT2D eigenvalue weighted by Gasteiger charge is 2.24. The first-order chi connectivity index (χ1) is 10.8. The van der Waals surface area contributed by atoms with Crippen molar-refractivity contribution in [3.63, 3.8) is 0 Å². The molecule has 0 aliphatic carbocycles. The van der Waals surface area contributed by atoms with Crippen LogP contribution in [0.2, 0.25) is 0 Å². The molecule has 1 saturated heterocycles.